The molecule has 2 rings (SSSR count). The zero-order valence-corrected chi connectivity index (χ0v) is 11.4. The lowest BCUT2D eigenvalue weighted by atomic mass is 10.1. The fraction of sp³-hybridized carbons (Fsp3) is 0.429. The number of nitrogens with one attached hydrogen (secondary N) is 1. The maximum Gasteiger partial charge on any atom is 0.0672 e. The zero-order chi connectivity index (χ0) is 12.4. The first-order chi connectivity index (χ1) is 8.13. The molecule has 0 spiro atoms. The Kier molecular flexibility index (Phi) is 3.75. The second-order valence-electron chi connectivity index (χ2n) is 4.61. The molecule has 1 aromatic carbocycles. The van der Waals surface area contributed by atoms with Crippen molar-refractivity contribution in [2.75, 3.05) is 0 Å². The molecule has 0 saturated heterocycles. The molecule has 0 bridgehead atoms. The van der Waals surface area contributed by atoms with Gasteiger partial charge in [0.1, 0.15) is 0 Å². The van der Waals surface area contributed by atoms with Crippen LogP contribution in [0.3, 0.4) is 0 Å². The Morgan fingerprint density at radius 3 is 2.76 bits per heavy atom. The predicted octanol–water partition coefficient (Wildman–Crippen LogP) is 3.81. The summed E-state index contributed by atoms with van der Waals surface area (Å²) in [7, 11) is 0. The number of fused-ring (bicyclic) bond motifs is 1. The Bertz CT molecular complexity index is 514. The SMILES string of the molecule is CCn1cc(CNC(C)C)c2cccc(Cl)c21. The first-order valence-electron chi connectivity index (χ1n) is 6.13. The molecule has 1 heterocycles. The Balaban J connectivity index is 2.46. The van der Waals surface area contributed by atoms with Crippen LogP contribution < -0.4 is 5.32 Å². The summed E-state index contributed by atoms with van der Waals surface area (Å²) in [4.78, 5) is 0. The molecule has 3 heteroatoms. The molecule has 1 N–H and O–H groups in total. The minimum absolute atomic E-state index is 0.495. The second-order valence-corrected chi connectivity index (χ2v) is 5.02. The highest BCUT2D eigenvalue weighted by atomic mass is 35.5. The fourth-order valence-corrected chi connectivity index (χ4v) is 2.38. The monoisotopic (exact) mass is 250 g/mol. The van der Waals surface area contributed by atoms with Gasteiger partial charge in [0.2, 0.25) is 0 Å². The van der Waals surface area contributed by atoms with Crippen LogP contribution in [-0.4, -0.2) is 10.6 Å². The number of rotatable bonds is 4. The molecule has 2 nitrogen and oxygen atoms in total. The highest BCUT2D eigenvalue weighted by molar-refractivity contribution is 6.35. The zero-order valence-electron chi connectivity index (χ0n) is 10.6. The van der Waals surface area contributed by atoms with E-state index < -0.39 is 0 Å². The summed E-state index contributed by atoms with van der Waals surface area (Å²) in [5, 5.41) is 5.54. The van der Waals surface area contributed by atoms with Crippen LogP contribution in [0.4, 0.5) is 0 Å². The Morgan fingerprint density at radius 1 is 1.35 bits per heavy atom. The molecule has 0 aliphatic carbocycles. The van der Waals surface area contributed by atoms with Crippen LogP contribution in [0.15, 0.2) is 24.4 Å². The number of nitrogens with zero attached hydrogens (tertiary/aromatic N) is 1. The van der Waals surface area contributed by atoms with Crippen molar-refractivity contribution in [2.24, 2.45) is 0 Å². The summed E-state index contributed by atoms with van der Waals surface area (Å²) >= 11 is 6.28. The quantitative estimate of drug-likeness (QED) is 0.873. The van der Waals surface area contributed by atoms with E-state index in [-0.39, 0.29) is 0 Å². The van der Waals surface area contributed by atoms with Gasteiger partial charge in [0.15, 0.2) is 0 Å². The third-order valence-corrected chi connectivity index (χ3v) is 3.28. The van der Waals surface area contributed by atoms with E-state index in [0.29, 0.717) is 6.04 Å². The predicted molar refractivity (Wildman–Crippen MR) is 74.6 cm³/mol. The number of benzene rings is 1. The van der Waals surface area contributed by atoms with Gasteiger partial charge in [-0.2, -0.15) is 0 Å². The van der Waals surface area contributed by atoms with E-state index in [1.165, 1.54) is 10.9 Å². The molecule has 92 valence electrons. The Labute approximate surface area is 108 Å². The van der Waals surface area contributed by atoms with E-state index in [9.17, 15) is 0 Å². The van der Waals surface area contributed by atoms with E-state index in [0.717, 1.165) is 23.6 Å². The molecule has 1 aromatic heterocycles. The number of hydrogen-bond donors (Lipinski definition) is 1. The summed E-state index contributed by atoms with van der Waals surface area (Å²) in [6.45, 7) is 8.30. The normalized spacial score (nSPS) is 11.6. The molecule has 0 saturated carbocycles. The van der Waals surface area contributed by atoms with Gasteiger partial charge in [0.05, 0.1) is 10.5 Å². The molecule has 0 fully saturated rings. The molecule has 0 amide bonds. The van der Waals surface area contributed by atoms with Crippen molar-refractivity contribution in [3.63, 3.8) is 0 Å². The van der Waals surface area contributed by atoms with Crippen LogP contribution in [-0.2, 0) is 13.1 Å². The maximum atomic E-state index is 6.28. The fourth-order valence-electron chi connectivity index (χ4n) is 2.09. The summed E-state index contributed by atoms with van der Waals surface area (Å²) in [5.41, 5.74) is 2.47. The van der Waals surface area contributed by atoms with E-state index in [2.05, 4.69) is 42.9 Å². The summed E-state index contributed by atoms with van der Waals surface area (Å²) in [6, 6.07) is 6.61. The van der Waals surface area contributed by atoms with Crippen molar-refractivity contribution in [1.29, 1.82) is 0 Å². The lowest BCUT2D eigenvalue weighted by Gasteiger charge is -2.06. The summed E-state index contributed by atoms with van der Waals surface area (Å²) in [5.74, 6) is 0. The summed E-state index contributed by atoms with van der Waals surface area (Å²) < 4.78 is 2.22. The minimum Gasteiger partial charge on any atom is -0.346 e. The van der Waals surface area contributed by atoms with E-state index >= 15 is 0 Å². The first kappa shape index (κ1) is 12.5. The molecule has 0 aliphatic rings. The van der Waals surface area contributed by atoms with Crippen LogP contribution in [0.25, 0.3) is 10.9 Å². The second kappa shape index (κ2) is 5.11. The molecule has 0 atom stereocenters. The molecule has 17 heavy (non-hydrogen) atoms. The average molecular weight is 251 g/mol. The molecular weight excluding hydrogens is 232 g/mol. The van der Waals surface area contributed by atoms with Crippen molar-refractivity contribution in [3.05, 3.63) is 35.0 Å². The lowest BCUT2D eigenvalue weighted by molar-refractivity contribution is 0.589. The maximum absolute atomic E-state index is 6.28. The van der Waals surface area contributed by atoms with Crippen molar-refractivity contribution >= 4 is 22.5 Å². The minimum atomic E-state index is 0.495. The lowest BCUT2D eigenvalue weighted by Crippen LogP contribution is -2.21. The number of para-hydroxylation sites is 1. The molecular formula is C14H19ClN2. The van der Waals surface area contributed by atoms with Crippen LogP contribution in [0.2, 0.25) is 5.02 Å². The van der Waals surface area contributed by atoms with Crippen LogP contribution >= 0.6 is 11.6 Å². The molecule has 0 radical (unpaired) electrons. The average Bonchev–Trinajstić information content (AvgIpc) is 2.66. The number of halogens is 1. The van der Waals surface area contributed by atoms with Gasteiger partial charge >= 0.3 is 0 Å². The Morgan fingerprint density at radius 2 is 2.12 bits per heavy atom. The number of aromatic nitrogens is 1. The highest BCUT2D eigenvalue weighted by Crippen LogP contribution is 2.28. The molecule has 0 unspecified atom stereocenters. The van der Waals surface area contributed by atoms with Gasteiger partial charge in [0.25, 0.3) is 0 Å². The Hall–Kier alpha value is -0.990. The third-order valence-electron chi connectivity index (χ3n) is 2.97. The van der Waals surface area contributed by atoms with Gasteiger partial charge < -0.3 is 9.88 Å². The topological polar surface area (TPSA) is 17.0 Å². The molecule has 2 aromatic rings. The number of hydrogen-bond acceptors (Lipinski definition) is 1. The van der Waals surface area contributed by atoms with Gasteiger partial charge in [-0.1, -0.05) is 37.6 Å². The van der Waals surface area contributed by atoms with Gasteiger partial charge in [-0.15, -0.1) is 0 Å². The van der Waals surface area contributed by atoms with E-state index in [1.54, 1.807) is 0 Å². The number of aryl methyl sites for hydroxylation is 1. The highest BCUT2D eigenvalue weighted by Gasteiger charge is 2.10. The standard InChI is InChI=1S/C14H19ClN2/c1-4-17-9-11(8-16-10(2)3)12-6-5-7-13(15)14(12)17/h5-7,9-10,16H,4,8H2,1-3H3. The van der Waals surface area contributed by atoms with Gasteiger partial charge in [0, 0.05) is 30.7 Å². The first-order valence-corrected chi connectivity index (χ1v) is 6.51. The molecule has 0 aliphatic heterocycles. The largest absolute Gasteiger partial charge is 0.346 e. The van der Waals surface area contributed by atoms with Crippen LogP contribution in [0.1, 0.15) is 26.3 Å². The van der Waals surface area contributed by atoms with Crippen LogP contribution in [0, 0.1) is 0 Å². The van der Waals surface area contributed by atoms with Gasteiger partial charge in [-0.3, -0.25) is 0 Å². The smallest absolute Gasteiger partial charge is 0.0672 e. The van der Waals surface area contributed by atoms with Crippen LogP contribution in [0.5, 0.6) is 0 Å². The van der Waals surface area contributed by atoms with Crippen molar-refractivity contribution in [1.82, 2.24) is 9.88 Å². The van der Waals surface area contributed by atoms with Crippen molar-refractivity contribution in [3.8, 4) is 0 Å². The summed E-state index contributed by atoms with van der Waals surface area (Å²) in [6.07, 6.45) is 2.20. The van der Waals surface area contributed by atoms with Crippen molar-refractivity contribution in [2.45, 2.75) is 39.9 Å². The van der Waals surface area contributed by atoms with E-state index in [4.69, 9.17) is 11.6 Å². The van der Waals surface area contributed by atoms with Gasteiger partial charge in [-0.05, 0) is 18.6 Å². The van der Waals surface area contributed by atoms with Gasteiger partial charge in [-0.25, -0.2) is 0 Å². The third kappa shape index (κ3) is 2.48. The van der Waals surface area contributed by atoms with E-state index in [1.807, 2.05) is 12.1 Å². The van der Waals surface area contributed by atoms with Crippen molar-refractivity contribution < 1.29 is 0 Å².